The SMILES string of the molecule is O=C=c1c(NCc2ccccc2)ccc2c(=C=O)c(NCc3ccccc3)ccc12. The molecule has 0 saturated carbocycles. The van der Waals surface area contributed by atoms with Gasteiger partial charge >= 0.3 is 0 Å². The molecule has 0 saturated heterocycles. The zero-order valence-electron chi connectivity index (χ0n) is 16.3. The van der Waals surface area contributed by atoms with Crippen molar-refractivity contribution in [3.8, 4) is 0 Å². The van der Waals surface area contributed by atoms with Crippen LogP contribution in [0.15, 0.2) is 84.9 Å². The minimum atomic E-state index is 0.412. The van der Waals surface area contributed by atoms with Gasteiger partial charge in [-0.25, -0.2) is 9.59 Å². The third-order valence-electron chi connectivity index (χ3n) is 5.06. The van der Waals surface area contributed by atoms with Crippen LogP contribution in [0.2, 0.25) is 0 Å². The highest BCUT2D eigenvalue weighted by atomic mass is 16.1. The van der Waals surface area contributed by atoms with Gasteiger partial charge in [-0.2, -0.15) is 0 Å². The summed E-state index contributed by atoms with van der Waals surface area (Å²) < 4.78 is 0. The maximum absolute atomic E-state index is 11.8. The first kappa shape index (κ1) is 19.2. The van der Waals surface area contributed by atoms with Crippen LogP contribution in [0.5, 0.6) is 0 Å². The molecule has 4 aromatic rings. The first-order valence-electron chi connectivity index (χ1n) is 9.72. The van der Waals surface area contributed by atoms with Crippen molar-refractivity contribution in [1.82, 2.24) is 0 Å². The lowest BCUT2D eigenvalue weighted by molar-refractivity contribution is 0.567. The van der Waals surface area contributed by atoms with E-state index < -0.39 is 0 Å². The van der Waals surface area contributed by atoms with E-state index in [4.69, 9.17) is 0 Å². The van der Waals surface area contributed by atoms with Gasteiger partial charge < -0.3 is 10.6 Å². The summed E-state index contributed by atoms with van der Waals surface area (Å²) in [6, 6.07) is 27.2. The molecular weight excluding hydrogens is 372 g/mol. The summed E-state index contributed by atoms with van der Waals surface area (Å²) in [5.41, 5.74) is 3.58. The summed E-state index contributed by atoms with van der Waals surface area (Å²) in [4.78, 5) is 23.5. The van der Waals surface area contributed by atoms with Gasteiger partial charge in [-0.15, -0.1) is 0 Å². The molecule has 0 aliphatic rings. The van der Waals surface area contributed by atoms with E-state index in [0.29, 0.717) is 45.7 Å². The average Bonchev–Trinajstić information content (AvgIpc) is 2.81. The van der Waals surface area contributed by atoms with Gasteiger partial charge in [0.05, 0.1) is 21.8 Å². The van der Waals surface area contributed by atoms with E-state index in [1.807, 2.05) is 96.8 Å². The zero-order chi connectivity index (χ0) is 20.8. The standard InChI is InChI=1S/C26H20N2O2/c29-17-23-21-12-14-26(28-16-20-9-5-2-6-10-20)24(18-30)22(21)11-13-25(23)27-15-19-7-3-1-4-8-19/h1-14,27-28H,15-16H2. The van der Waals surface area contributed by atoms with Gasteiger partial charge in [-0.1, -0.05) is 72.8 Å². The van der Waals surface area contributed by atoms with Crippen molar-refractivity contribution >= 4 is 34.0 Å². The van der Waals surface area contributed by atoms with Crippen LogP contribution >= 0.6 is 0 Å². The molecule has 4 aromatic carbocycles. The first-order valence-corrected chi connectivity index (χ1v) is 9.72. The fourth-order valence-electron chi connectivity index (χ4n) is 3.51. The third kappa shape index (κ3) is 4.01. The fraction of sp³-hybridized carbons (Fsp3) is 0.0769. The molecule has 30 heavy (non-hydrogen) atoms. The number of benzene rings is 4. The highest BCUT2D eigenvalue weighted by Gasteiger charge is 2.08. The lowest BCUT2D eigenvalue weighted by atomic mass is 10.0. The number of anilines is 2. The van der Waals surface area contributed by atoms with E-state index in [9.17, 15) is 9.59 Å². The Balaban J connectivity index is 1.69. The summed E-state index contributed by atoms with van der Waals surface area (Å²) >= 11 is 0. The maximum atomic E-state index is 11.8. The van der Waals surface area contributed by atoms with Crippen LogP contribution in [-0.2, 0) is 22.7 Å². The Bertz CT molecular complexity index is 1230. The summed E-state index contributed by atoms with van der Waals surface area (Å²) in [5.74, 6) is 4.08. The monoisotopic (exact) mass is 392 g/mol. The second-order valence-corrected chi connectivity index (χ2v) is 6.95. The van der Waals surface area contributed by atoms with Crippen LogP contribution in [0.4, 0.5) is 11.4 Å². The van der Waals surface area contributed by atoms with Gasteiger partial charge in [0.15, 0.2) is 0 Å². The quantitative estimate of drug-likeness (QED) is 0.530. The summed E-state index contributed by atoms with van der Waals surface area (Å²) in [5, 5.41) is 8.76. The predicted molar refractivity (Wildman–Crippen MR) is 120 cm³/mol. The lowest BCUT2D eigenvalue weighted by Gasteiger charge is -2.11. The number of carbonyl (C=O) groups excluding carboxylic acids is 2. The van der Waals surface area contributed by atoms with Crippen molar-refractivity contribution in [2.45, 2.75) is 13.1 Å². The Morgan fingerprint density at radius 1 is 0.533 bits per heavy atom. The van der Waals surface area contributed by atoms with Gasteiger partial charge in [0.1, 0.15) is 11.9 Å². The van der Waals surface area contributed by atoms with Crippen LogP contribution in [0, 0.1) is 0 Å². The van der Waals surface area contributed by atoms with Crippen molar-refractivity contribution in [3.05, 3.63) is 106 Å². The van der Waals surface area contributed by atoms with Crippen LogP contribution in [-0.4, -0.2) is 11.9 Å². The van der Waals surface area contributed by atoms with Crippen LogP contribution in [0.25, 0.3) is 10.8 Å². The number of rotatable bonds is 6. The Kier molecular flexibility index (Phi) is 5.73. The van der Waals surface area contributed by atoms with Crippen LogP contribution in [0.3, 0.4) is 0 Å². The molecule has 0 radical (unpaired) electrons. The minimum Gasteiger partial charge on any atom is -0.380 e. The molecule has 0 aliphatic heterocycles. The molecule has 2 N–H and O–H groups in total. The average molecular weight is 392 g/mol. The van der Waals surface area contributed by atoms with Crippen molar-refractivity contribution in [1.29, 1.82) is 0 Å². The summed E-state index contributed by atoms with van der Waals surface area (Å²) in [6.45, 7) is 1.18. The largest absolute Gasteiger partial charge is 0.380 e. The number of nitrogens with one attached hydrogen (secondary N) is 2. The third-order valence-corrected chi connectivity index (χ3v) is 5.06. The van der Waals surface area contributed by atoms with Gasteiger partial charge in [0, 0.05) is 23.9 Å². The van der Waals surface area contributed by atoms with Crippen molar-refractivity contribution in [3.63, 3.8) is 0 Å². The van der Waals surface area contributed by atoms with Crippen LogP contribution < -0.4 is 21.1 Å². The van der Waals surface area contributed by atoms with E-state index in [1.165, 1.54) is 0 Å². The molecule has 4 heteroatoms. The molecule has 0 aliphatic carbocycles. The van der Waals surface area contributed by atoms with Crippen molar-refractivity contribution in [2.75, 3.05) is 10.6 Å². The molecule has 4 rings (SSSR count). The van der Waals surface area contributed by atoms with Crippen LogP contribution in [0.1, 0.15) is 11.1 Å². The lowest BCUT2D eigenvalue weighted by Crippen LogP contribution is -2.19. The smallest absolute Gasteiger partial charge is 0.135 e. The van der Waals surface area contributed by atoms with Gasteiger partial charge in [0.2, 0.25) is 0 Å². The van der Waals surface area contributed by atoms with E-state index >= 15 is 0 Å². The molecule has 146 valence electrons. The molecule has 0 aromatic heterocycles. The molecule has 0 amide bonds. The highest BCUT2D eigenvalue weighted by molar-refractivity contribution is 5.94. The topological polar surface area (TPSA) is 58.2 Å². The molecular formula is C26H20N2O2. The van der Waals surface area contributed by atoms with E-state index in [1.54, 1.807) is 0 Å². The van der Waals surface area contributed by atoms with Gasteiger partial charge in [-0.3, -0.25) is 0 Å². The summed E-state index contributed by atoms with van der Waals surface area (Å²) in [7, 11) is 0. The van der Waals surface area contributed by atoms with Crippen molar-refractivity contribution in [2.24, 2.45) is 0 Å². The number of hydrogen-bond donors (Lipinski definition) is 2. The zero-order valence-corrected chi connectivity index (χ0v) is 16.3. The second-order valence-electron chi connectivity index (χ2n) is 6.95. The van der Waals surface area contributed by atoms with Gasteiger partial charge in [0.25, 0.3) is 0 Å². The Morgan fingerprint density at radius 3 is 1.30 bits per heavy atom. The molecule has 4 nitrogen and oxygen atoms in total. The van der Waals surface area contributed by atoms with Gasteiger partial charge in [-0.05, 0) is 23.3 Å². The Labute approximate surface area is 174 Å². The van der Waals surface area contributed by atoms with E-state index in [-0.39, 0.29) is 0 Å². The fourth-order valence-corrected chi connectivity index (χ4v) is 3.51. The molecule has 0 spiro atoms. The minimum absolute atomic E-state index is 0.412. The van der Waals surface area contributed by atoms with E-state index in [0.717, 1.165) is 11.1 Å². The maximum Gasteiger partial charge on any atom is 0.135 e. The van der Waals surface area contributed by atoms with E-state index in [2.05, 4.69) is 10.6 Å². The molecule has 0 atom stereocenters. The molecule has 0 heterocycles. The Hall–Kier alpha value is -4.10. The normalized spacial score (nSPS) is 10.3. The second kappa shape index (κ2) is 8.93. The first-order chi connectivity index (χ1) is 14.8. The molecule has 0 bridgehead atoms. The molecule has 0 fully saturated rings. The predicted octanol–water partition coefficient (Wildman–Crippen LogP) is 3.07. The highest BCUT2D eigenvalue weighted by Crippen LogP contribution is 2.15. The Morgan fingerprint density at radius 2 is 0.933 bits per heavy atom. The number of fused-ring (bicyclic) bond motifs is 1. The van der Waals surface area contributed by atoms with Crippen molar-refractivity contribution < 1.29 is 9.59 Å². The molecule has 0 unspecified atom stereocenters. The summed E-state index contributed by atoms with van der Waals surface area (Å²) in [6.07, 6.45) is 0. The number of hydrogen-bond acceptors (Lipinski definition) is 4.